The number of nitrogens with zero attached hydrogens (tertiary/aromatic N) is 3. The molecule has 9 heteroatoms. The van der Waals surface area contributed by atoms with Crippen LogP contribution in [0.25, 0.3) is 20.4 Å². The summed E-state index contributed by atoms with van der Waals surface area (Å²) in [6, 6.07) is 25.1. The third-order valence-electron chi connectivity index (χ3n) is 6.40. The number of benzene rings is 3. The van der Waals surface area contributed by atoms with Crippen molar-refractivity contribution in [3.8, 4) is 0 Å². The summed E-state index contributed by atoms with van der Waals surface area (Å²) in [7, 11) is 0. The molecule has 0 spiro atoms. The van der Waals surface area contributed by atoms with Crippen LogP contribution in [0.4, 0.5) is 5.69 Å². The first-order chi connectivity index (χ1) is 20.0. The van der Waals surface area contributed by atoms with E-state index in [1.165, 1.54) is 40.5 Å². The molecular weight excluding hydrogens is 837 g/mol. The third kappa shape index (κ3) is 12.1. The van der Waals surface area contributed by atoms with Gasteiger partial charge in [-0.1, -0.05) is 72.5 Å². The van der Waals surface area contributed by atoms with E-state index in [1.807, 2.05) is 17.4 Å². The maximum atomic E-state index is 4.58. The number of para-hydroxylation sites is 3. The summed E-state index contributed by atoms with van der Waals surface area (Å²) >= 11 is 5.38. The molecule has 0 fully saturated rings. The molecular formula is C36H38N3S3Y3-3. The van der Waals surface area contributed by atoms with Gasteiger partial charge in [-0.25, -0.2) is 9.55 Å². The van der Waals surface area contributed by atoms with E-state index in [9.17, 15) is 0 Å². The summed E-state index contributed by atoms with van der Waals surface area (Å²) in [6.45, 7) is 18.8. The van der Waals surface area contributed by atoms with Gasteiger partial charge in [0.25, 0.3) is 0 Å². The van der Waals surface area contributed by atoms with Crippen LogP contribution in [0.1, 0.15) is 36.2 Å². The Morgan fingerprint density at radius 2 is 1.51 bits per heavy atom. The van der Waals surface area contributed by atoms with Gasteiger partial charge in [0.2, 0.25) is 10.5 Å². The predicted molar refractivity (Wildman–Crippen MR) is 186 cm³/mol. The van der Waals surface area contributed by atoms with E-state index >= 15 is 0 Å². The number of anilines is 1. The molecule has 0 saturated carbocycles. The van der Waals surface area contributed by atoms with E-state index in [4.69, 9.17) is 0 Å². The van der Waals surface area contributed by atoms with E-state index < -0.39 is 0 Å². The number of aromatic nitrogens is 2. The fourth-order valence-corrected chi connectivity index (χ4v) is 7.49. The Morgan fingerprint density at radius 1 is 0.867 bits per heavy atom. The third-order valence-corrected chi connectivity index (χ3v) is 9.98. The Morgan fingerprint density at radius 3 is 2.16 bits per heavy atom. The van der Waals surface area contributed by atoms with E-state index in [2.05, 4.69) is 146 Å². The Balaban J connectivity index is 0.000000618. The molecule has 1 unspecified atom stereocenters. The van der Waals surface area contributed by atoms with Gasteiger partial charge in [-0.05, 0) is 43.2 Å². The first kappa shape index (κ1) is 44.9. The number of allylic oxidation sites excluding steroid dienone is 3. The molecule has 0 bridgehead atoms. The summed E-state index contributed by atoms with van der Waals surface area (Å²) in [5.41, 5.74) is 3.64. The normalized spacial score (nSPS) is 12.4. The second-order valence-electron chi connectivity index (χ2n) is 9.33. The monoisotopic (exact) mass is 875 g/mol. The number of rotatable bonds is 7. The van der Waals surface area contributed by atoms with Gasteiger partial charge in [0.15, 0.2) is 0 Å². The Kier molecular flexibility index (Phi) is 23.2. The molecule has 1 atom stereocenters. The smallest absolute Gasteiger partial charge is 0.233 e. The van der Waals surface area contributed by atoms with Crippen LogP contribution in [-0.2, 0) is 105 Å². The number of aryl methyl sites for hydroxylation is 1. The summed E-state index contributed by atoms with van der Waals surface area (Å²) in [6.07, 6.45) is 11.8. The van der Waals surface area contributed by atoms with Gasteiger partial charge >= 0.3 is 0 Å². The Labute approximate surface area is 358 Å². The van der Waals surface area contributed by atoms with Crippen molar-refractivity contribution >= 4 is 60.6 Å². The molecule has 0 aliphatic carbocycles. The first-order valence-electron chi connectivity index (χ1n) is 13.4. The molecule has 3 aromatic carbocycles. The summed E-state index contributed by atoms with van der Waals surface area (Å²) in [4.78, 5) is 8.13. The van der Waals surface area contributed by atoms with Gasteiger partial charge in [0.05, 0.1) is 25.9 Å². The van der Waals surface area contributed by atoms with Crippen molar-refractivity contribution in [2.24, 2.45) is 0 Å². The molecule has 2 aromatic heterocycles. The van der Waals surface area contributed by atoms with Crippen molar-refractivity contribution in [3.63, 3.8) is 0 Å². The van der Waals surface area contributed by atoms with Gasteiger partial charge in [-0.15, -0.1) is 17.9 Å². The van der Waals surface area contributed by atoms with Crippen LogP contribution in [0, 0.1) is 32.6 Å². The molecule has 3 nitrogen and oxygen atoms in total. The molecule has 1 aliphatic rings. The molecule has 6 rings (SSSR count). The molecule has 0 N–H and O–H groups in total. The molecule has 5 aromatic rings. The molecule has 0 saturated heterocycles. The van der Waals surface area contributed by atoms with E-state index in [-0.39, 0.29) is 106 Å². The maximum Gasteiger partial charge on any atom is 0.233 e. The van der Waals surface area contributed by atoms with Crippen LogP contribution >= 0.6 is 34.4 Å². The fourth-order valence-electron chi connectivity index (χ4n) is 4.41. The number of hydrogen-bond acceptors (Lipinski definition) is 5. The van der Waals surface area contributed by atoms with Crippen LogP contribution in [-0.4, -0.2) is 11.5 Å². The molecule has 0 amide bonds. The molecule has 1 aliphatic heterocycles. The number of thioether (sulfide) groups is 1. The minimum atomic E-state index is 0. The maximum absolute atomic E-state index is 4.58. The van der Waals surface area contributed by atoms with Crippen molar-refractivity contribution < 1.29 is 103 Å². The predicted octanol–water partition coefficient (Wildman–Crippen LogP) is 10.2. The zero-order chi connectivity index (χ0) is 29.2. The van der Waals surface area contributed by atoms with Gasteiger partial charge in [0.1, 0.15) is 4.70 Å². The average molecular weight is 876 g/mol. The summed E-state index contributed by atoms with van der Waals surface area (Å²) in [5.74, 6) is 0.435. The van der Waals surface area contributed by atoms with Crippen LogP contribution in [0.5, 0.6) is 0 Å². The van der Waals surface area contributed by atoms with Gasteiger partial charge in [-0.2, -0.15) is 6.42 Å². The SMILES string of the molecule is C=[C-]CC(C)c1nc2ccccc2s1.C=[C-]CN1/C(=C/C)Sc2ccccc21.C=[C-]C[n+]1c(C)sc2ccccc21.[CH3-].[Y].[Y].[Y]. The molecule has 3 radical (unpaired) electrons. The summed E-state index contributed by atoms with van der Waals surface area (Å²) < 4.78 is 4.82. The fraction of sp³-hybridized carbons (Fsp3) is 0.194. The van der Waals surface area contributed by atoms with Crippen molar-refractivity contribution in [2.75, 3.05) is 11.4 Å². The largest absolute Gasteiger partial charge is 0.503 e. The van der Waals surface area contributed by atoms with E-state index in [1.54, 1.807) is 23.1 Å². The quantitative estimate of drug-likeness (QED) is 0.120. The number of thiazole rings is 2. The van der Waals surface area contributed by atoms with Gasteiger partial charge in [-0.3, -0.25) is 19.7 Å². The van der Waals surface area contributed by atoms with E-state index in [0.717, 1.165) is 25.0 Å². The standard InChI is InChI=1S/2C12H12NS.C11H11NS.CH3.3Y/c1-3-6-9(2)12-13-10-7-4-5-8-11(10)14-12;1-3-9-13-10-7-5-6-8-11(10)14-12(13)4-2;1-3-8-12-9(2)13-11-7-5-4-6-10(11)12;;;;/h4-5,7-9H,1,6H2,2H3;4-8H,1,9H2,2H3;4-7H,1,8H2,2H3;1H3;;;/q2*-1;;-1;;;/b;12-4-;;;;;. The second-order valence-corrected chi connectivity index (χ2v) is 12.7. The Bertz CT molecular complexity index is 1640. The zero-order valence-electron chi connectivity index (χ0n) is 26.6. The van der Waals surface area contributed by atoms with Gasteiger partial charge in [0, 0.05) is 123 Å². The van der Waals surface area contributed by atoms with Crippen LogP contribution in [0.2, 0.25) is 0 Å². The second kappa shape index (κ2) is 23.3. The summed E-state index contributed by atoms with van der Waals surface area (Å²) in [5, 5.41) is 3.75. The van der Waals surface area contributed by atoms with Crippen molar-refractivity contribution in [3.05, 3.63) is 139 Å². The van der Waals surface area contributed by atoms with Crippen LogP contribution < -0.4 is 9.47 Å². The number of fused-ring (bicyclic) bond motifs is 3. The topological polar surface area (TPSA) is 20.0 Å². The minimum absolute atomic E-state index is 0. The van der Waals surface area contributed by atoms with Crippen molar-refractivity contribution in [1.29, 1.82) is 0 Å². The molecule has 227 valence electrons. The van der Waals surface area contributed by atoms with E-state index in [0.29, 0.717) is 5.92 Å². The van der Waals surface area contributed by atoms with Crippen LogP contribution in [0.3, 0.4) is 0 Å². The Hall–Kier alpha value is -0.138. The number of hydrogen-bond donors (Lipinski definition) is 0. The van der Waals surface area contributed by atoms with Crippen molar-refractivity contribution in [1.82, 2.24) is 4.98 Å². The molecule has 45 heavy (non-hydrogen) atoms. The van der Waals surface area contributed by atoms with Crippen LogP contribution in [0.15, 0.2) is 109 Å². The van der Waals surface area contributed by atoms with Gasteiger partial charge < -0.3 is 30.6 Å². The minimum Gasteiger partial charge on any atom is -0.503 e. The van der Waals surface area contributed by atoms with Crippen molar-refractivity contribution in [2.45, 2.75) is 44.6 Å². The zero-order valence-corrected chi connectivity index (χ0v) is 37.6. The average Bonchev–Trinajstić information content (AvgIpc) is 3.68. The first-order valence-corrected chi connectivity index (χ1v) is 15.9. The molecule has 3 heterocycles.